The van der Waals surface area contributed by atoms with Gasteiger partial charge in [0.1, 0.15) is 0 Å². The Kier molecular flexibility index (Phi) is 4.31. The van der Waals surface area contributed by atoms with Crippen molar-refractivity contribution < 1.29 is 5.11 Å². The molecule has 0 fully saturated rings. The number of benzene rings is 1. The van der Waals surface area contributed by atoms with Crippen molar-refractivity contribution in [1.82, 2.24) is 5.32 Å². The lowest BCUT2D eigenvalue weighted by molar-refractivity contribution is 0.280. The van der Waals surface area contributed by atoms with Gasteiger partial charge in [0.05, 0.1) is 6.61 Å². The topological polar surface area (TPSA) is 32.3 Å². The number of aryl methyl sites for hydroxylation is 1. The number of nitrogens with one attached hydrogen (secondary N) is 1. The van der Waals surface area contributed by atoms with Gasteiger partial charge in [0, 0.05) is 18.0 Å². The van der Waals surface area contributed by atoms with E-state index >= 15 is 0 Å². The number of thiophene rings is 1. The molecule has 17 heavy (non-hydrogen) atoms. The fourth-order valence-corrected chi connectivity index (χ4v) is 2.66. The predicted molar refractivity (Wildman–Crippen MR) is 72.0 cm³/mol. The molecule has 2 aromatic rings. The lowest BCUT2D eigenvalue weighted by Crippen LogP contribution is -2.13. The van der Waals surface area contributed by atoms with E-state index in [1.54, 1.807) is 11.3 Å². The minimum absolute atomic E-state index is 0.107. The lowest BCUT2D eigenvalue weighted by Gasteiger charge is -2.08. The summed E-state index contributed by atoms with van der Waals surface area (Å²) in [7, 11) is 0. The van der Waals surface area contributed by atoms with Gasteiger partial charge in [-0.2, -0.15) is 0 Å². The van der Waals surface area contributed by atoms with Crippen LogP contribution in [0.4, 0.5) is 0 Å². The second-order valence-corrected chi connectivity index (χ2v) is 5.06. The van der Waals surface area contributed by atoms with Crippen LogP contribution in [0.25, 0.3) is 0 Å². The van der Waals surface area contributed by atoms with Crippen LogP contribution in [0.1, 0.15) is 21.6 Å². The number of aliphatic hydroxyl groups is 1. The fourth-order valence-electron chi connectivity index (χ4n) is 1.78. The first-order chi connectivity index (χ1) is 8.31. The maximum absolute atomic E-state index is 9.22. The van der Waals surface area contributed by atoms with Crippen LogP contribution in [-0.4, -0.2) is 5.11 Å². The molecular weight excluding hydrogens is 230 g/mol. The normalized spacial score (nSPS) is 10.7. The number of hydrogen-bond donors (Lipinski definition) is 2. The first kappa shape index (κ1) is 12.3. The quantitative estimate of drug-likeness (QED) is 0.851. The molecule has 0 aliphatic carbocycles. The third kappa shape index (κ3) is 3.16. The highest BCUT2D eigenvalue weighted by Gasteiger charge is 2.02. The second-order valence-electron chi connectivity index (χ2n) is 4.06. The molecule has 2 rings (SSSR count). The molecule has 2 N–H and O–H groups in total. The van der Waals surface area contributed by atoms with E-state index in [9.17, 15) is 5.11 Å². The van der Waals surface area contributed by atoms with Crippen LogP contribution in [0.2, 0.25) is 0 Å². The smallest absolute Gasteiger partial charge is 0.0685 e. The van der Waals surface area contributed by atoms with Gasteiger partial charge in [-0.05, 0) is 35.1 Å². The molecule has 0 bridgehead atoms. The molecule has 0 atom stereocenters. The van der Waals surface area contributed by atoms with Gasteiger partial charge < -0.3 is 10.4 Å². The molecule has 0 radical (unpaired) electrons. The Bertz CT molecular complexity index is 479. The molecule has 2 nitrogen and oxygen atoms in total. The second kappa shape index (κ2) is 5.96. The fraction of sp³-hybridized carbons (Fsp3) is 0.286. The summed E-state index contributed by atoms with van der Waals surface area (Å²) in [6.07, 6.45) is 0. The average Bonchev–Trinajstić information content (AvgIpc) is 2.76. The summed E-state index contributed by atoms with van der Waals surface area (Å²) >= 11 is 1.78. The van der Waals surface area contributed by atoms with Crippen LogP contribution in [0.3, 0.4) is 0 Å². The van der Waals surface area contributed by atoms with Crippen molar-refractivity contribution in [2.45, 2.75) is 26.6 Å². The highest BCUT2D eigenvalue weighted by Crippen LogP contribution is 2.15. The van der Waals surface area contributed by atoms with E-state index in [0.717, 1.165) is 18.7 Å². The van der Waals surface area contributed by atoms with Crippen molar-refractivity contribution in [2.24, 2.45) is 0 Å². The Morgan fingerprint density at radius 2 is 1.88 bits per heavy atom. The van der Waals surface area contributed by atoms with E-state index in [1.807, 2.05) is 18.2 Å². The van der Waals surface area contributed by atoms with E-state index in [2.05, 4.69) is 29.8 Å². The Hall–Kier alpha value is -1.16. The summed E-state index contributed by atoms with van der Waals surface area (Å²) in [6.45, 7) is 3.93. The zero-order chi connectivity index (χ0) is 12.1. The van der Waals surface area contributed by atoms with Crippen molar-refractivity contribution in [3.63, 3.8) is 0 Å². The maximum atomic E-state index is 9.22. The molecule has 1 heterocycles. The summed E-state index contributed by atoms with van der Waals surface area (Å²) in [5.41, 5.74) is 3.52. The number of aliphatic hydroxyl groups excluding tert-OH is 1. The minimum atomic E-state index is 0.107. The first-order valence-electron chi connectivity index (χ1n) is 5.72. The van der Waals surface area contributed by atoms with Gasteiger partial charge in [0.15, 0.2) is 0 Å². The van der Waals surface area contributed by atoms with Gasteiger partial charge in [-0.1, -0.05) is 24.3 Å². The summed E-state index contributed by atoms with van der Waals surface area (Å²) in [4.78, 5) is 1.38. The van der Waals surface area contributed by atoms with Crippen molar-refractivity contribution in [1.29, 1.82) is 0 Å². The average molecular weight is 247 g/mol. The van der Waals surface area contributed by atoms with Crippen molar-refractivity contribution in [3.8, 4) is 0 Å². The van der Waals surface area contributed by atoms with Crippen LogP contribution in [0.15, 0.2) is 35.7 Å². The molecule has 0 unspecified atom stereocenters. The molecule has 0 aliphatic rings. The van der Waals surface area contributed by atoms with Gasteiger partial charge in [-0.3, -0.25) is 0 Å². The molecule has 0 aliphatic heterocycles. The number of rotatable bonds is 5. The van der Waals surface area contributed by atoms with Gasteiger partial charge in [-0.15, -0.1) is 11.3 Å². The zero-order valence-electron chi connectivity index (χ0n) is 9.94. The van der Waals surface area contributed by atoms with E-state index < -0.39 is 0 Å². The molecule has 0 amide bonds. The van der Waals surface area contributed by atoms with Gasteiger partial charge in [0.2, 0.25) is 0 Å². The zero-order valence-corrected chi connectivity index (χ0v) is 10.8. The van der Waals surface area contributed by atoms with Crippen LogP contribution in [0, 0.1) is 6.92 Å². The standard InChI is InChI=1S/C14H17NOS/c1-11-6-7-17-14(11)9-15-8-12-4-2-3-5-13(12)10-16/h2-7,15-16H,8-10H2,1H3. The van der Waals surface area contributed by atoms with Gasteiger partial charge in [-0.25, -0.2) is 0 Å². The van der Waals surface area contributed by atoms with Crippen molar-refractivity contribution in [2.75, 3.05) is 0 Å². The Morgan fingerprint density at radius 3 is 2.53 bits per heavy atom. The van der Waals surface area contributed by atoms with Gasteiger partial charge >= 0.3 is 0 Å². The van der Waals surface area contributed by atoms with E-state index in [1.165, 1.54) is 16.0 Å². The Morgan fingerprint density at radius 1 is 1.12 bits per heavy atom. The first-order valence-corrected chi connectivity index (χ1v) is 6.60. The largest absolute Gasteiger partial charge is 0.392 e. The SMILES string of the molecule is Cc1ccsc1CNCc1ccccc1CO. The van der Waals surface area contributed by atoms with Crippen molar-refractivity contribution >= 4 is 11.3 Å². The third-order valence-electron chi connectivity index (χ3n) is 2.86. The third-order valence-corrected chi connectivity index (χ3v) is 3.88. The van der Waals surface area contributed by atoms with Crippen LogP contribution in [0.5, 0.6) is 0 Å². The van der Waals surface area contributed by atoms with E-state index in [4.69, 9.17) is 0 Å². The number of hydrogen-bond acceptors (Lipinski definition) is 3. The molecule has 1 aromatic carbocycles. The molecular formula is C14H17NOS. The molecule has 0 spiro atoms. The summed E-state index contributed by atoms with van der Waals surface area (Å²) in [5.74, 6) is 0. The summed E-state index contributed by atoms with van der Waals surface area (Å²) < 4.78 is 0. The van der Waals surface area contributed by atoms with Gasteiger partial charge in [0.25, 0.3) is 0 Å². The summed E-state index contributed by atoms with van der Waals surface area (Å²) in [6, 6.07) is 10.1. The van der Waals surface area contributed by atoms with Crippen LogP contribution >= 0.6 is 11.3 Å². The monoisotopic (exact) mass is 247 g/mol. The predicted octanol–water partition coefficient (Wildman–Crippen LogP) is 2.84. The highest BCUT2D eigenvalue weighted by atomic mass is 32.1. The van der Waals surface area contributed by atoms with E-state index in [0.29, 0.717) is 0 Å². The molecule has 0 saturated carbocycles. The maximum Gasteiger partial charge on any atom is 0.0685 e. The molecule has 90 valence electrons. The lowest BCUT2D eigenvalue weighted by atomic mass is 10.1. The van der Waals surface area contributed by atoms with E-state index in [-0.39, 0.29) is 6.61 Å². The Labute approximate surface area is 106 Å². The molecule has 0 saturated heterocycles. The van der Waals surface area contributed by atoms with Crippen molar-refractivity contribution in [3.05, 3.63) is 57.3 Å². The highest BCUT2D eigenvalue weighted by molar-refractivity contribution is 7.10. The molecule has 3 heteroatoms. The summed E-state index contributed by atoms with van der Waals surface area (Å²) in [5, 5.41) is 14.8. The Balaban J connectivity index is 1.92. The molecule has 1 aromatic heterocycles. The van der Waals surface area contributed by atoms with Crippen LogP contribution < -0.4 is 5.32 Å². The minimum Gasteiger partial charge on any atom is -0.392 e. The van der Waals surface area contributed by atoms with Crippen LogP contribution in [-0.2, 0) is 19.7 Å².